The molecule has 1 heterocycles. The average Bonchev–Trinajstić information content (AvgIpc) is 2.77. The Hall–Kier alpha value is -1.79. The molecule has 6 heteroatoms. The zero-order valence-corrected chi connectivity index (χ0v) is 10.6. The minimum absolute atomic E-state index is 0.158. The summed E-state index contributed by atoms with van der Waals surface area (Å²) < 4.78 is 28.1. The number of aryl methyl sites for hydroxylation is 1. The summed E-state index contributed by atoms with van der Waals surface area (Å²) >= 11 is 0. The molecule has 2 rings (SSSR count). The van der Waals surface area contributed by atoms with Crippen molar-refractivity contribution in [1.82, 2.24) is 15.2 Å². The smallest absolute Gasteiger partial charge is 0.129 e. The lowest BCUT2D eigenvalue weighted by molar-refractivity contribution is 0.496. The summed E-state index contributed by atoms with van der Waals surface area (Å²) in [5.41, 5.74) is 3.94. The number of nitrogens with zero attached hydrogens (tertiary/aromatic N) is 2. The van der Waals surface area contributed by atoms with Gasteiger partial charge in [0, 0.05) is 31.8 Å². The fourth-order valence-electron chi connectivity index (χ4n) is 1.97. The van der Waals surface area contributed by atoms with Gasteiger partial charge < -0.3 is 0 Å². The lowest BCUT2D eigenvalue weighted by Gasteiger charge is -2.15. The van der Waals surface area contributed by atoms with E-state index in [1.165, 1.54) is 12.1 Å². The molecule has 102 valence electrons. The molecule has 0 saturated heterocycles. The number of hydrogen-bond donors (Lipinski definition) is 2. The standard InChI is InChI=1S/C13H16F2N4/c1-19-5-4-11(18-19)8-12(17-16)6-9-2-3-10(14)7-13(9)15/h2-5,7,12,17H,6,8,16H2,1H3. The van der Waals surface area contributed by atoms with E-state index in [0.29, 0.717) is 18.4 Å². The Morgan fingerprint density at radius 3 is 2.68 bits per heavy atom. The van der Waals surface area contributed by atoms with Crippen molar-refractivity contribution >= 4 is 0 Å². The zero-order valence-electron chi connectivity index (χ0n) is 10.6. The first-order chi connectivity index (χ1) is 9.08. The number of hydrazine groups is 1. The lowest BCUT2D eigenvalue weighted by atomic mass is 10.0. The van der Waals surface area contributed by atoms with Crippen LogP contribution in [0.15, 0.2) is 30.5 Å². The number of benzene rings is 1. The first-order valence-corrected chi connectivity index (χ1v) is 5.97. The largest absolute Gasteiger partial charge is 0.276 e. The van der Waals surface area contributed by atoms with E-state index in [1.807, 2.05) is 19.3 Å². The zero-order chi connectivity index (χ0) is 13.8. The van der Waals surface area contributed by atoms with E-state index in [2.05, 4.69) is 10.5 Å². The van der Waals surface area contributed by atoms with E-state index in [0.717, 1.165) is 11.8 Å². The molecule has 0 saturated carbocycles. The highest BCUT2D eigenvalue weighted by molar-refractivity contribution is 5.20. The first kappa shape index (κ1) is 13.6. The molecule has 0 fully saturated rings. The molecule has 1 atom stereocenters. The Labute approximate surface area is 110 Å². The number of nitrogens with two attached hydrogens (primary N) is 1. The third-order valence-electron chi connectivity index (χ3n) is 2.94. The van der Waals surface area contributed by atoms with Crippen LogP contribution in [-0.4, -0.2) is 15.8 Å². The van der Waals surface area contributed by atoms with Crippen LogP contribution < -0.4 is 11.3 Å². The Bertz CT molecular complexity index is 553. The van der Waals surface area contributed by atoms with Crippen LogP contribution in [0, 0.1) is 11.6 Å². The summed E-state index contributed by atoms with van der Waals surface area (Å²) in [6.45, 7) is 0. The highest BCUT2D eigenvalue weighted by Crippen LogP contribution is 2.13. The van der Waals surface area contributed by atoms with Crippen molar-refractivity contribution in [3.63, 3.8) is 0 Å². The molecular formula is C13H16F2N4. The van der Waals surface area contributed by atoms with Gasteiger partial charge in [-0.25, -0.2) is 8.78 Å². The molecule has 0 aliphatic carbocycles. The van der Waals surface area contributed by atoms with Crippen molar-refractivity contribution in [2.24, 2.45) is 12.9 Å². The Balaban J connectivity index is 2.06. The van der Waals surface area contributed by atoms with Crippen molar-refractivity contribution in [1.29, 1.82) is 0 Å². The average molecular weight is 266 g/mol. The molecule has 1 unspecified atom stereocenters. The summed E-state index contributed by atoms with van der Waals surface area (Å²) in [5.74, 6) is 4.34. The number of rotatable bonds is 5. The minimum atomic E-state index is -0.580. The van der Waals surface area contributed by atoms with Gasteiger partial charge in [0.2, 0.25) is 0 Å². The normalized spacial score (nSPS) is 12.6. The summed E-state index contributed by atoms with van der Waals surface area (Å²) in [4.78, 5) is 0. The lowest BCUT2D eigenvalue weighted by Crippen LogP contribution is -2.38. The van der Waals surface area contributed by atoms with Crippen molar-refractivity contribution < 1.29 is 8.78 Å². The second-order valence-corrected chi connectivity index (χ2v) is 4.49. The Morgan fingerprint density at radius 1 is 1.32 bits per heavy atom. The molecule has 0 radical (unpaired) electrons. The number of aromatic nitrogens is 2. The molecule has 1 aromatic heterocycles. The van der Waals surface area contributed by atoms with E-state index in [4.69, 9.17) is 5.84 Å². The van der Waals surface area contributed by atoms with Gasteiger partial charge in [-0.1, -0.05) is 6.07 Å². The SMILES string of the molecule is Cn1ccc(CC(Cc2ccc(F)cc2F)NN)n1. The van der Waals surface area contributed by atoms with Crippen LogP contribution in [0.3, 0.4) is 0 Å². The third kappa shape index (κ3) is 3.59. The molecule has 1 aromatic carbocycles. The number of hydrogen-bond acceptors (Lipinski definition) is 3. The van der Waals surface area contributed by atoms with Gasteiger partial charge in [-0.05, 0) is 24.1 Å². The molecule has 0 aliphatic heterocycles. The second-order valence-electron chi connectivity index (χ2n) is 4.49. The molecule has 4 nitrogen and oxygen atoms in total. The van der Waals surface area contributed by atoms with Crippen LogP contribution in [0.1, 0.15) is 11.3 Å². The summed E-state index contributed by atoms with van der Waals surface area (Å²) in [5, 5.41) is 4.24. The van der Waals surface area contributed by atoms with Gasteiger partial charge in [0.15, 0.2) is 0 Å². The highest BCUT2D eigenvalue weighted by atomic mass is 19.1. The third-order valence-corrected chi connectivity index (χ3v) is 2.94. The monoisotopic (exact) mass is 266 g/mol. The van der Waals surface area contributed by atoms with Gasteiger partial charge in [-0.15, -0.1) is 0 Å². The maximum atomic E-state index is 13.6. The Morgan fingerprint density at radius 2 is 2.11 bits per heavy atom. The second kappa shape index (κ2) is 5.90. The van der Waals surface area contributed by atoms with Gasteiger partial charge >= 0.3 is 0 Å². The summed E-state index contributed by atoms with van der Waals surface area (Å²) in [6, 6.07) is 5.28. The van der Waals surface area contributed by atoms with Crippen LogP contribution in [0.5, 0.6) is 0 Å². The van der Waals surface area contributed by atoms with Crippen molar-refractivity contribution in [3.8, 4) is 0 Å². The maximum Gasteiger partial charge on any atom is 0.129 e. The molecule has 0 aliphatic rings. The predicted octanol–water partition coefficient (Wildman–Crippen LogP) is 1.32. The molecule has 19 heavy (non-hydrogen) atoms. The van der Waals surface area contributed by atoms with Gasteiger partial charge in [-0.2, -0.15) is 5.10 Å². The minimum Gasteiger partial charge on any atom is -0.276 e. The molecule has 0 amide bonds. The molecule has 2 aromatic rings. The first-order valence-electron chi connectivity index (χ1n) is 5.97. The van der Waals surface area contributed by atoms with Crippen molar-refractivity contribution in [2.45, 2.75) is 18.9 Å². The summed E-state index contributed by atoms with van der Waals surface area (Å²) in [6.07, 6.45) is 2.79. The van der Waals surface area contributed by atoms with E-state index in [9.17, 15) is 8.78 Å². The van der Waals surface area contributed by atoms with Crippen LogP contribution in [0.4, 0.5) is 8.78 Å². The van der Waals surface area contributed by atoms with Crippen LogP contribution in [-0.2, 0) is 19.9 Å². The highest BCUT2D eigenvalue weighted by Gasteiger charge is 2.13. The van der Waals surface area contributed by atoms with Crippen LogP contribution >= 0.6 is 0 Å². The Kier molecular flexibility index (Phi) is 4.24. The number of halogens is 2. The van der Waals surface area contributed by atoms with Gasteiger partial charge in [0.25, 0.3) is 0 Å². The molecular weight excluding hydrogens is 250 g/mol. The summed E-state index contributed by atoms with van der Waals surface area (Å²) in [7, 11) is 1.83. The van der Waals surface area contributed by atoms with Gasteiger partial charge in [0.1, 0.15) is 11.6 Å². The fourth-order valence-corrected chi connectivity index (χ4v) is 1.97. The van der Waals surface area contributed by atoms with E-state index >= 15 is 0 Å². The quantitative estimate of drug-likeness (QED) is 0.634. The van der Waals surface area contributed by atoms with Gasteiger partial charge in [-0.3, -0.25) is 16.0 Å². The van der Waals surface area contributed by atoms with Crippen molar-refractivity contribution in [3.05, 3.63) is 53.4 Å². The van der Waals surface area contributed by atoms with Crippen molar-refractivity contribution in [2.75, 3.05) is 0 Å². The molecule has 3 N–H and O–H groups in total. The topological polar surface area (TPSA) is 55.9 Å². The number of nitrogens with one attached hydrogen (secondary N) is 1. The fraction of sp³-hybridized carbons (Fsp3) is 0.308. The van der Waals surface area contributed by atoms with Crippen LogP contribution in [0.25, 0.3) is 0 Å². The van der Waals surface area contributed by atoms with E-state index < -0.39 is 11.6 Å². The maximum absolute atomic E-state index is 13.6. The van der Waals surface area contributed by atoms with Crippen LogP contribution in [0.2, 0.25) is 0 Å². The molecule has 0 bridgehead atoms. The van der Waals surface area contributed by atoms with E-state index in [-0.39, 0.29) is 6.04 Å². The van der Waals surface area contributed by atoms with E-state index in [1.54, 1.807) is 4.68 Å². The predicted molar refractivity (Wildman–Crippen MR) is 68.1 cm³/mol. The molecule has 0 spiro atoms. The van der Waals surface area contributed by atoms with Gasteiger partial charge in [0.05, 0.1) is 5.69 Å².